The molecule has 1 saturated carbocycles. The molecule has 5 nitrogen and oxygen atoms in total. The standard InChI is InChI=1S/C16H21NO4/c1-11-12(7-6-8-13(11)18)14(19)17-16(15(20)21)9-4-2-3-5-10-16/h6-8,18H,2-5,9-10H2,1H3,(H,17,19)(H,20,21). The summed E-state index contributed by atoms with van der Waals surface area (Å²) in [6, 6.07) is 4.68. The molecule has 1 aromatic carbocycles. The zero-order valence-corrected chi connectivity index (χ0v) is 12.2. The minimum Gasteiger partial charge on any atom is -0.508 e. The van der Waals surface area contributed by atoms with Gasteiger partial charge in [-0.25, -0.2) is 4.79 Å². The van der Waals surface area contributed by atoms with Gasteiger partial charge in [-0.1, -0.05) is 31.7 Å². The molecule has 21 heavy (non-hydrogen) atoms. The predicted octanol–water partition coefficient (Wildman–Crippen LogP) is 2.61. The van der Waals surface area contributed by atoms with Crippen LogP contribution in [0.5, 0.6) is 5.75 Å². The first-order valence-electron chi connectivity index (χ1n) is 7.31. The number of carbonyl (C=O) groups excluding carboxylic acids is 1. The quantitative estimate of drug-likeness (QED) is 0.747. The fraction of sp³-hybridized carbons (Fsp3) is 0.500. The minimum absolute atomic E-state index is 0.0351. The Kier molecular flexibility index (Phi) is 4.50. The molecule has 1 aromatic rings. The molecule has 0 aromatic heterocycles. The summed E-state index contributed by atoms with van der Waals surface area (Å²) in [5.41, 5.74) is -0.407. The zero-order chi connectivity index (χ0) is 15.5. The number of aliphatic carboxylic acids is 1. The van der Waals surface area contributed by atoms with E-state index in [1.807, 2.05) is 0 Å². The smallest absolute Gasteiger partial charge is 0.329 e. The Balaban J connectivity index is 2.26. The Bertz CT molecular complexity index is 545. The topological polar surface area (TPSA) is 86.6 Å². The summed E-state index contributed by atoms with van der Waals surface area (Å²) in [7, 11) is 0. The summed E-state index contributed by atoms with van der Waals surface area (Å²) in [5, 5.41) is 22.0. The number of hydrogen-bond donors (Lipinski definition) is 3. The van der Waals surface area contributed by atoms with E-state index in [0.717, 1.165) is 25.7 Å². The first-order chi connectivity index (χ1) is 9.96. The Morgan fingerprint density at radius 3 is 2.33 bits per heavy atom. The highest BCUT2D eigenvalue weighted by molar-refractivity contribution is 5.99. The highest BCUT2D eigenvalue weighted by atomic mass is 16.4. The number of phenols is 1. The molecule has 114 valence electrons. The number of carboxylic acids is 1. The zero-order valence-electron chi connectivity index (χ0n) is 12.2. The van der Waals surface area contributed by atoms with E-state index in [-0.39, 0.29) is 5.75 Å². The van der Waals surface area contributed by atoms with Gasteiger partial charge in [0.2, 0.25) is 0 Å². The van der Waals surface area contributed by atoms with Crippen molar-refractivity contribution in [3.05, 3.63) is 29.3 Å². The van der Waals surface area contributed by atoms with E-state index in [4.69, 9.17) is 0 Å². The van der Waals surface area contributed by atoms with E-state index in [0.29, 0.717) is 24.0 Å². The van der Waals surface area contributed by atoms with E-state index < -0.39 is 17.4 Å². The Hall–Kier alpha value is -2.04. The molecule has 0 atom stereocenters. The molecule has 1 aliphatic rings. The molecule has 3 N–H and O–H groups in total. The van der Waals surface area contributed by atoms with Crippen molar-refractivity contribution in [2.45, 2.75) is 51.0 Å². The maximum atomic E-state index is 12.4. The summed E-state index contributed by atoms with van der Waals surface area (Å²) in [6.45, 7) is 1.64. The molecule has 0 unspecified atom stereocenters. The van der Waals surface area contributed by atoms with Crippen molar-refractivity contribution in [3.8, 4) is 5.75 Å². The monoisotopic (exact) mass is 291 g/mol. The number of aromatic hydroxyl groups is 1. The van der Waals surface area contributed by atoms with Crippen molar-refractivity contribution < 1.29 is 19.8 Å². The number of benzene rings is 1. The van der Waals surface area contributed by atoms with Gasteiger partial charge in [-0.3, -0.25) is 4.79 Å². The second-order valence-corrected chi connectivity index (χ2v) is 5.71. The van der Waals surface area contributed by atoms with Gasteiger partial charge in [-0.2, -0.15) is 0 Å². The first-order valence-corrected chi connectivity index (χ1v) is 7.31. The molecule has 5 heteroatoms. The summed E-state index contributed by atoms with van der Waals surface area (Å²) < 4.78 is 0. The van der Waals surface area contributed by atoms with Crippen LogP contribution in [-0.4, -0.2) is 27.6 Å². The average Bonchev–Trinajstić information content (AvgIpc) is 2.68. The molecule has 0 heterocycles. The molecule has 0 bridgehead atoms. The van der Waals surface area contributed by atoms with Gasteiger partial charge in [-0.15, -0.1) is 0 Å². The summed E-state index contributed by atoms with van der Waals surface area (Å²) in [6.07, 6.45) is 4.49. The number of rotatable bonds is 3. The maximum Gasteiger partial charge on any atom is 0.329 e. The highest BCUT2D eigenvalue weighted by Crippen LogP contribution is 2.28. The number of nitrogens with one attached hydrogen (secondary N) is 1. The first kappa shape index (κ1) is 15.4. The van der Waals surface area contributed by atoms with Crippen LogP contribution in [0.4, 0.5) is 0 Å². The lowest BCUT2D eigenvalue weighted by molar-refractivity contribution is -0.145. The SMILES string of the molecule is Cc1c(O)cccc1C(=O)NC1(C(=O)O)CCCCCC1. The molecule has 0 spiro atoms. The molecule has 0 aliphatic heterocycles. The Labute approximate surface area is 124 Å². The molecular weight excluding hydrogens is 270 g/mol. The number of carbonyl (C=O) groups is 2. The van der Waals surface area contributed by atoms with Crippen molar-refractivity contribution >= 4 is 11.9 Å². The summed E-state index contributed by atoms with van der Waals surface area (Å²) >= 11 is 0. The fourth-order valence-electron chi connectivity index (χ4n) is 2.88. The van der Waals surface area contributed by atoms with Crippen molar-refractivity contribution in [2.75, 3.05) is 0 Å². The van der Waals surface area contributed by atoms with Gasteiger partial charge < -0.3 is 15.5 Å². The second-order valence-electron chi connectivity index (χ2n) is 5.71. The van der Waals surface area contributed by atoms with Crippen LogP contribution in [0.1, 0.15) is 54.4 Å². The lowest BCUT2D eigenvalue weighted by atomic mass is 9.89. The number of amides is 1. The van der Waals surface area contributed by atoms with E-state index in [1.165, 1.54) is 6.07 Å². The van der Waals surface area contributed by atoms with Gasteiger partial charge in [0.15, 0.2) is 0 Å². The van der Waals surface area contributed by atoms with Crippen molar-refractivity contribution in [3.63, 3.8) is 0 Å². The van der Waals surface area contributed by atoms with Crippen molar-refractivity contribution in [1.82, 2.24) is 5.32 Å². The molecule has 1 fully saturated rings. The maximum absolute atomic E-state index is 12.4. The van der Waals surface area contributed by atoms with Crippen LogP contribution in [0.3, 0.4) is 0 Å². The normalized spacial score (nSPS) is 17.8. The highest BCUT2D eigenvalue weighted by Gasteiger charge is 2.40. The Morgan fingerprint density at radius 2 is 1.76 bits per heavy atom. The third-order valence-electron chi connectivity index (χ3n) is 4.27. The third kappa shape index (κ3) is 3.17. The van der Waals surface area contributed by atoms with Gasteiger partial charge in [0.25, 0.3) is 5.91 Å². The van der Waals surface area contributed by atoms with Gasteiger partial charge in [-0.05, 0) is 31.9 Å². The van der Waals surface area contributed by atoms with E-state index in [9.17, 15) is 19.8 Å². The van der Waals surface area contributed by atoms with Gasteiger partial charge in [0.1, 0.15) is 11.3 Å². The Morgan fingerprint density at radius 1 is 1.14 bits per heavy atom. The third-order valence-corrected chi connectivity index (χ3v) is 4.27. The minimum atomic E-state index is -1.19. The van der Waals surface area contributed by atoms with Crippen LogP contribution in [0.2, 0.25) is 0 Å². The summed E-state index contributed by atoms with van der Waals surface area (Å²) in [5.74, 6) is -1.38. The van der Waals surface area contributed by atoms with Crippen LogP contribution < -0.4 is 5.32 Å². The van der Waals surface area contributed by atoms with Gasteiger partial charge in [0, 0.05) is 11.1 Å². The van der Waals surface area contributed by atoms with Crippen LogP contribution in [0.25, 0.3) is 0 Å². The lowest BCUT2D eigenvalue weighted by Crippen LogP contribution is -2.54. The largest absolute Gasteiger partial charge is 0.508 e. The predicted molar refractivity (Wildman–Crippen MR) is 78.4 cm³/mol. The lowest BCUT2D eigenvalue weighted by Gasteiger charge is -2.29. The average molecular weight is 291 g/mol. The van der Waals surface area contributed by atoms with Crippen LogP contribution >= 0.6 is 0 Å². The number of hydrogen-bond acceptors (Lipinski definition) is 3. The fourth-order valence-corrected chi connectivity index (χ4v) is 2.88. The molecule has 1 aliphatic carbocycles. The second kappa shape index (κ2) is 6.16. The van der Waals surface area contributed by atoms with Gasteiger partial charge in [0.05, 0.1) is 0 Å². The van der Waals surface area contributed by atoms with E-state index in [1.54, 1.807) is 19.1 Å². The molecule has 1 amide bonds. The van der Waals surface area contributed by atoms with Crippen molar-refractivity contribution in [2.24, 2.45) is 0 Å². The van der Waals surface area contributed by atoms with Crippen LogP contribution in [0, 0.1) is 6.92 Å². The summed E-state index contributed by atoms with van der Waals surface area (Å²) in [4.78, 5) is 24.1. The molecule has 2 rings (SSSR count). The van der Waals surface area contributed by atoms with E-state index >= 15 is 0 Å². The number of phenolic OH excluding ortho intramolecular Hbond substituents is 1. The number of carboxylic acid groups (broad SMARTS) is 1. The van der Waals surface area contributed by atoms with Crippen LogP contribution in [-0.2, 0) is 4.79 Å². The van der Waals surface area contributed by atoms with E-state index in [2.05, 4.69) is 5.32 Å². The molecule has 0 radical (unpaired) electrons. The van der Waals surface area contributed by atoms with Gasteiger partial charge >= 0.3 is 5.97 Å². The van der Waals surface area contributed by atoms with Crippen molar-refractivity contribution in [1.29, 1.82) is 0 Å². The molecular formula is C16H21NO4. The molecule has 0 saturated heterocycles. The van der Waals surface area contributed by atoms with Crippen LogP contribution in [0.15, 0.2) is 18.2 Å².